The molecule has 29 heavy (non-hydrogen) atoms. The van der Waals surface area contributed by atoms with Crippen molar-refractivity contribution in [2.24, 2.45) is 5.41 Å². The minimum atomic E-state index is -1.09. The number of rotatable bonds is 6. The molecule has 8 heteroatoms. The van der Waals surface area contributed by atoms with Gasteiger partial charge in [-0.2, -0.15) is 0 Å². The number of esters is 1. The number of carbonyl (C=O) groups is 3. The van der Waals surface area contributed by atoms with Crippen LogP contribution in [0.15, 0.2) is 42.5 Å². The first-order valence-corrected chi connectivity index (χ1v) is 9.18. The lowest BCUT2D eigenvalue weighted by molar-refractivity contribution is -0.134. The molecule has 0 spiro atoms. The molecular formula is C21H20N2O6. The molecule has 150 valence electrons. The lowest BCUT2D eigenvalue weighted by Gasteiger charge is -2.16. The maximum atomic E-state index is 12.7. The molecule has 1 aliphatic heterocycles. The molecule has 0 unspecified atom stereocenters. The number of ether oxygens (including phenoxy) is 3. The predicted octanol–water partition coefficient (Wildman–Crippen LogP) is 2.24. The Hall–Kier alpha value is -3.55. The van der Waals surface area contributed by atoms with Crippen LogP contribution in [0.5, 0.6) is 11.5 Å². The van der Waals surface area contributed by atoms with Crippen LogP contribution in [0, 0.1) is 5.41 Å². The molecule has 1 saturated carbocycles. The first kappa shape index (κ1) is 18.8. The average molecular weight is 396 g/mol. The van der Waals surface area contributed by atoms with Crippen LogP contribution < -0.4 is 20.1 Å². The van der Waals surface area contributed by atoms with Crippen molar-refractivity contribution in [3.05, 3.63) is 53.6 Å². The van der Waals surface area contributed by atoms with Crippen molar-refractivity contribution in [3.63, 3.8) is 0 Å². The van der Waals surface area contributed by atoms with Crippen LogP contribution >= 0.6 is 0 Å². The molecule has 1 fully saturated rings. The number of nitrogens with one attached hydrogen (secondary N) is 2. The minimum Gasteiger partial charge on any atom is -0.465 e. The zero-order valence-electron chi connectivity index (χ0n) is 15.8. The van der Waals surface area contributed by atoms with Crippen LogP contribution in [0.3, 0.4) is 0 Å². The van der Waals surface area contributed by atoms with Crippen LogP contribution in [-0.2, 0) is 20.9 Å². The third kappa shape index (κ3) is 3.73. The molecule has 8 nitrogen and oxygen atoms in total. The molecule has 1 heterocycles. The van der Waals surface area contributed by atoms with Crippen LogP contribution in [0.1, 0.15) is 28.8 Å². The molecule has 2 aromatic carbocycles. The number of methoxy groups -OCH3 is 1. The summed E-state index contributed by atoms with van der Waals surface area (Å²) in [4.78, 5) is 37.1. The molecule has 2 aliphatic rings. The Morgan fingerprint density at radius 2 is 1.83 bits per heavy atom. The second-order valence-corrected chi connectivity index (χ2v) is 6.98. The van der Waals surface area contributed by atoms with E-state index in [1.165, 1.54) is 13.2 Å². The van der Waals surface area contributed by atoms with Gasteiger partial charge in [0.05, 0.1) is 12.7 Å². The van der Waals surface area contributed by atoms with Crippen molar-refractivity contribution in [2.75, 3.05) is 19.2 Å². The Kier molecular flexibility index (Phi) is 4.84. The van der Waals surface area contributed by atoms with E-state index < -0.39 is 11.4 Å². The first-order chi connectivity index (χ1) is 14.0. The van der Waals surface area contributed by atoms with Gasteiger partial charge >= 0.3 is 5.97 Å². The number of hydrogen-bond donors (Lipinski definition) is 2. The van der Waals surface area contributed by atoms with Crippen molar-refractivity contribution >= 4 is 23.5 Å². The quantitative estimate of drug-likeness (QED) is 0.573. The van der Waals surface area contributed by atoms with Gasteiger partial charge in [0.15, 0.2) is 11.5 Å². The summed E-state index contributed by atoms with van der Waals surface area (Å²) >= 11 is 0. The van der Waals surface area contributed by atoms with Crippen molar-refractivity contribution in [1.82, 2.24) is 5.32 Å². The molecule has 0 atom stereocenters. The van der Waals surface area contributed by atoms with Gasteiger partial charge in [0.25, 0.3) is 0 Å². The van der Waals surface area contributed by atoms with Gasteiger partial charge in [-0.3, -0.25) is 9.59 Å². The minimum absolute atomic E-state index is 0.186. The number of anilines is 1. The summed E-state index contributed by atoms with van der Waals surface area (Å²) in [6.07, 6.45) is 0.949. The van der Waals surface area contributed by atoms with E-state index in [2.05, 4.69) is 15.4 Å². The summed E-state index contributed by atoms with van der Waals surface area (Å²) in [5, 5.41) is 5.56. The molecule has 0 radical (unpaired) electrons. The lowest BCUT2D eigenvalue weighted by atomic mass is 10.0. The molecule has 2 aromatic rings. The number of benzene rings is 2. The topological polar surface area (TPSA) is 103 Å². The largest absolute Gasteiger partial charge is 0.465 e. The fourth-order valence-electron chi connectivity index (χ4n) is 3.18. The molecule has 0 aromatic heterocycles. The van der Waals surface area contributed by atoms with Crippen molar-refractivity contribution in [2.45, 2.75) is 19.4 Å². The van der Waals surface area contributed by atoms with E-state index in [9.17, 15) is 14.4 Å². The predicted molar refractivity (Wildman–Crippen MR) is 102 cm³/mol. The zero-order valence-corrected chi connectivity index (χ0v) is 15.8. The SMILES string of the molecule is COC(=O)c1cccc(NC(=O)C2(C(=O)NCc3ccc4c(c3)OCO4)CC2)c1. The second kappa shape index (κ2) is 7.46. The Morgan fingerprint density at radius 3 is 2.59 bits per heavy atom. The van der Waals surface area contributed by atoms with Crippen LogP contribution in [0.4, 0.5) is 5.69 Å². The standard InChI is InChI=1S/C21H20N2O6/c1-27-18(24)14-3-2-4-15(10-14)23-20(26)21(7-8-21)19(25)22-11-13-5-6-16-17(9-13)29-12-28-16/h2-6,9-10H,7-8,11-12H2,1H3,(H,22,25)(H,23,26). The number of carbonyl (C=O) groups excluding carboxylic acids is 3. The summed E-state index contributed by atoms with van der Waals surface area (Å²) < 4.78 is 15.3. The van der Waals surface area contributed by atoms with E-state index >= 15 is 0 Å². The van der Waals surface area contributed by atoms with Crippen molar-refractivity contribution in [1.29, 1.82) is 0 Å². The number of fused-ring (bicyclic) bond motifs is 1. The van der Waals surface area contributed by atoms with Gasteiger partial charge in [-0.1, -0.05) is 12.1 Å². The van der Waals surface area contributed by atoms with E-state index in [1.54, 1.807) is 30.3 Å². The average Bonchev–Trinajstić information content (AvgIpc) is 3.43. The van der Waals surface area contributed by atoms with Gasteiger partial charge in [-0.25, -0.2) is 4.79 Å². The molecule has 1 aliphatic carbocycles. The summed E-state index contributed by atoms with van der Waals surface area (Å²) in [5.41, 5.74) is 0.525. The van der Waals surface area contributed by atoms with Crippen LogP contribution in [0.2, 0.25) is 0 Å². The van der Waals surface area contributed by atoms with Gasteiger partial charge in [0.2, 0.25) is 18.6 Å². The fraction of sp³-hybridized carbons (Fsp3) is 0.286. The highest BCUT2D eigenvalue weighted by Gasteiger charge is 2.56. The summed E-state index contributed by atoms with van der Waals surface area (Å²) in [6, 6.07) is 11.8. The van der Waals surface area contributed by atoms with Gasteiger partial charge in [0, 0.05) is 12.2 Å². The van der Waals surface area contributed by atoms with Gasteiger partial charge in [0.1, 0.15) is 5.41 Å². The summed E-state index contributed by atoms with van der Waals surface area (Å²) in [5.74, 6) is 0.108. The monoisotopic (exact) mass is 396 g/mol. The molecule has 2 amide bonds. The third-order valence-corrected chi connectivity index (χ3v) is 5.05. The Balaban J connectivity index is 1.38. The lowest BCUT2D eigenvalue weighted by Crippen LogP contribution is -2.39. The normalized spacial score (nSPS) is 15.3. The van der Waals surface area contributed by atoms with E-state index in [0.717, 1.165) is 5.56 Å². The van der Waals surface area contributed by atoms with Gasteiger partial charge in [-0.05, 0) is 48.7 Å². The Morgan fingerprint density at radius 1 is 1.03 bits per heavy atom. The fourth-order valence-corrected chi connectivity index (χ4v) is 3.18. The highest BCUT2D eigenvalue weighted by atomic mass is 16.7. The summed E-state index contributed by atoms with van der Waals surface area (Å²) in [6.45, 7) is 0.466. The second-order valence-electron chi connectivity index (χ2n) is 6.98. The van der Waals surface area contributed by atoms with E-state index in [4.69, 9.17) is 9.47 Å². The molecular weight excluding hydrogens is 376 g/mol. The van der Waals surface area contributed by atoms with E-state index in [-0.39, 0.29) is 25.2 Å². The first-order valence-electron chi connectivity index (χ1n) is 9.18. The molecule has 2 N–H and O–H groups in total. The highest BCUT2D eigenvalue weighted by Crippen LogP contribution is 2.47. The Labute approximate surface area is 167 Å². The molecule has 4 rings (SSSR count). The van der Waals surface area contributed by atoms with E-state index in [0.29, 0.717) is 35.6 Å². The van der Waals surface area contributed by atoms with Gasteiger partial charge in [-0.15, -0.1) is 0 Å². The smallest absolute Gasteiger partial charge is 0.337 e. The number of hydrogen-bond acceptors (Lipinski definition) is 6. The number of amides is 2. The molecule has 0 bridgehead atoms. The van der Waals surface area contributed by atoms with Crippen molar-refractivity contribution < 1.29 is 28.6 Å². The summed E-state index contributed by atoms with van der Waals surface area (Å²) in [7, 11) is 1.29. The van der Waals surface area contributed by atoms with Gasteiger partial charge < -0.3 is 24.8 Å². The molecule has 0 saturated heterocycles. The maximum Gasteiger partial charge on any atom is 0.337 e. The van der Waals surface area contributed by atoms with Crippen LogP contribution in [0.25, 0.3) is 0 Å². The van der Waals surface area contributed by atoms with E-state index in [1.807, 2.05) is 6.07 Å². The third-order valence-electron chi connectivity index (χ3n) is 5.05. The zero-order chi connectivity index (χ0) is 20.4. The Bertz CT molecular complexity index is 983. The van der Waals surface area contributed by atoms with Crippen LogP contribution in [-0.4, -0.2) is 31.7 Å². The maximum absolute atomic E-state index is 12.7. The highest BCUT2D eigenvalue weighted by molar-refractivity contribution is 6.13. The van der Waals surface area contributed by atoms with Crippen molar-refractivity contribution in [3.8, 4) is 11.5 Å².